The second-order valence-electron chi connectivity index (χ2n) is 4.52. The molecule has 0 aliphatic heterocycles. The maximum absolute atomic E-state index is 11.9. The van der Waals surface area contributed by atoms with Crippen LogP contribution in [0.5, 0.6) is 0 Å². The molecule has 0 saturated carbocycles. The van der Waals surface area contributed by atoms with Crippen molar-refractivity contribution in [1.82, 2.24) is 4.90 Å². The van der Waals surface area contributed by atoms with Crippen LogP contribution in [-0.4, -0.2) is 34.1 Å². The van der Waals surface area contributed by atoms with E-state index >= 15 is 0 Å². The molecule has 0 aromatic rings. The number of alkyl halides is 1. The molecule has 0 spiro atoms. The van der Waals surface area contributed by atoms with E-state index in [1.54, 1.807) is 13.8 Å². The van der Waals surface area contributed by atoms with Crippen LogP contribution in [0.25, 0.3) is 0 Å². The third-order valence-corrected chi connectivity index (χ3v) is 2.07. The summed E-state index contributed by atoms with van der Waals surface area (Å²) in [6.07, 6.45) is 0. The van der Waals surface area contributed by atoms with Gasteiger partial charge in [0, 0.05) is 6.54 Å². The molecule has 4 nitrogen and oxygen atoms in total. The van der Waals surface area contributed by atoms with E-state index in [1.807, 2.05) is 13.8 Å². The van der Waals surface area contributed by atoms with Crippen LogP contribution in [0.15, 0.2) is 0 Å². The molecule has 0 aromatic carbocycles. The first-order valence-electron chi connectivity index (χ1n) is 4.91. The molecular weight excluding hydrogens is 260 g/mol. The predicted molar refractivity (Wildman–Crippen MR) is 63.6 cm³/mol. The zero-order valence-corrected chi connectivity index (χ0v) is 11.3. The Bertz CT molecular complexity index is 246. The van der Waals surface area contributed by atoms with Crippen LogP contribution in [0.3, 0.4) is 0 Å². The first-order chi connectivity index (χ1) is 6.64. The van der Waals surface area contributed by atoms with Crippen molar-refractivity contribution in [1.29, 1.82) is 0 Å². The van der Waals surface area contributed by atoms with E-state index in [0.29, 0.717) is 12.5 Å². The zero-order chi connectivity index (χ0) is 12.2. The number of hydrogen-bond donors (Lipinski definition) is 1. The van der Waals surface area contributed by atoms with Gasteiger partial charge in [0.1, 0.15) is 0 Å². The number of hydrogen-bond acceptors (Lipinski definition) is 2. The van der Waals surface area contributed by atoms with Gasteiger partial charge in [-0.3, -0.25) is 9.59 Å². The van der Waals surface area contributed by atoms with Crippen LogP contribution in [0, 0.1) is 5.92 Å². The summed E-state index contributed by atoms with van der Waals surface area (Å²) in [6, 6.07) is 0. The monoisotopic (exact) mass is 278 g/mol. The molecule has 2 N–H and O–H groups in total. The minimum atomic E-state index is -0.655. The predicted octanol–water partition coefficient (Wildman–Crippen LogP) is 1.13. The fourth-order valence-electron chi connectivity index (χ4n) is 1.22. The summed E-state index contributed by atoms with van der Waals surface area (Å²) in [5.74, 6) is -0.293. The smallest absolute Gasteiger partial charge is 0.239 e. The largest absolute Gasteiger partial charge is 0.368 e. The third-order valence-electron chi connectivity index (χ3n) is 1.73. The molecule has 0 rings (SSSR count). The highest BCUT2D eigenvalue weighted by Crippen LogP contribution is 2.19. The summed E-state index contributed by atoms with van der Waals surface area (Å²) in [5, 5.41) is 0. The zero-order valence-electron chi connectivity index (χ0n) is 9.71. The Kier molecular flexibility index (Phi) is 5.28. The molecule has 0 aromatic heterocycles. The molecular formula is C10H19BrN2O2. The van der Waals surface area contributed by atoms with Crippen molar-refractivity contribution in [3.63, 3.8) is 0 Å². The number of amides is 2. The summed E-state index contributed by atoms with van der Waals surface area (Å²) in [5.41, 5.74) is 5.10. The van der Waals surface area contributed by atoms with Crippen molar-refractivity contribution in [2.45, 2.75) is 32.0 Å². The number of halogens is 1. The molecule has 88 valence electrons. The summed E-state index contributed by atoms with van der Waals surface area (Å²) < 4.78 is -0.655. The molecule has 0 atom stereocenters. The van der Waals surface area contributed by atoms with Crippen LogP contribution in [0.1, 0.15) is 27.7 Å². The number of rotatable bonds is 5. The molecule has 0 unspecified atom stereocenters. The van der Waals surface area contributed by atoms with Gasteiger partial charge in [-0.1, -0.05) is 29.8 Å². The quantitative estimate of drug-likeness (QED) is 0.767. The highest BCUT2D eigenvalue weighted by atomic mass is 79.9. The van der Waals surface area contributed by atoms with Crippen LogP contribution in [0.2, 0.25) is 0 Å². The average Bonchev–Trinajstić information content (AvgIpc) is 1.98. The summed E-state index contributed by atoms with van der Waals surface area (Å²) >= 11 is 3.28. The van der Waals surface area contributed by atoms with Gasteiger partial charge in [-0.15, -0.1) is 0 Å². The van der Waals surface area contributed by atoms with Crippen LogP contribution >= 0.6 is 15.9 Å². The molecule has 2 amide bonds. The van der Waals surface area contributed by atoms with E-state index < -0.39 is 10.2 Å². The van der Waals surface area contributed by atoms with Crippen molar-refractivity contribution in [2.75, 3.05) is 13.1 Å². The third kappa shape index (κ3) is 5.77. The molecule has 0 radical (unpaired) electrons. The lowest BCUT2D eigenvalue weighted by atomic mass is 10.1. The Labute approximate surface area is 99.3 Å². The SMILES string of the molecule is CC(C)CN(CC(N)=O)C(=O)C(C)(C)Br. The second kappa shape index (κ2) is 5.49. The first-order valence-corrected chi connectivity index (χ1v) is 5.70. The molecule has 0 heterocycles. The minimum absolute atomic E-state index is 0.0218. The number of nitrogens with two attached hydrogens (primary N) is 1. The highest BCUT2D eigenvalue weighted by molar-refractivity contribution is 9.10. The maximum Gasteiger partial charge on any atom is 0.239 e. The molecule has 0 aliphatic rings. The molecule has 15 heavy (non-hydrogen) atoms. The molecule has 0 saturated heterocycles. The standard InChI is InChI=1S/C10H19BrN2O2/c1-7(2)5-13(6-8(12)14)9(15)10(3,4)11/h7H,5-6H2,1-4H3,(H2,12,14). The van der Waals surface area contributed by atoms with Gasteiger partial charge in [0.15, 0.2) is 0 Å². The van der Waals surface area contributed by atoms with Gasteiger partial charge in [0.05, 0.1) is 10.9 Å². The van der Waals surface area contributed by atoms with Crippen molar-refractivity contribution in [2.24, 2.45) is 11.7 Å². The van der Waals surface area contributed by atoms with E-state index in [0.717, 1.165) is 0 Å². The van der Waals surface area contributed by atoms with E-state index in [1.165, 1.54) is 4.90 Å². The number of nitrogens with zero attached hydrogens (tertiary/aromatic N) is 1. The van der Waals surface area contributed by atoms with Crippen molar-refractivity contribution in [3.05, 3.63) is 0 Å². The fourth-order valence-corrected chi connectivity index (χ4v) is 1.47. The fraction of sp³-hybridized carbons (Fsp3) is 0.800. The molecule has 0 aliphatic carbocycles. The molecule has 0 bridgehead atoms. The van der Waals surface area contributed by atoms with E-state index in [2.05, 4.69) is 15.9 Å². The van der Waals surface area contributed by atoms with Gasteiger partial charge in [-0.25, -0.2) is 0 Å². The van der Waals surface area contributed by atoms with E-state index in [-0.39, 0.29) is 12.5 Å². The average molecular weight is 279 g/mol. The van der Waals surface area contributed by atoms with Gasteiger partial charge in [0.25, 0.3) is 0 Å². The Balaban J connectivity index is 4.62. The number of primary amides is 1. The summed E-state index contributed by atoms with van der Waals surface area (Å²) in [4.78, 5) is 24.2. The highest BCUT2D eigenvalue weighted by Gasteiger charge is 2.30. The minimum Gasteiger partial charge on any atom is -0.368 e. The Hall–Kier alpha value is -0.580. The Morgan fingerprint density at radius 2 is 1.87 bits per heavy atom. The first kappa shape index (κ1) is 14.4. The second-order valence-corrected chi connectivity index (χ2v) is 6.50. The van der Waals surface area contributed by atoms with Gasteiger partial charge in [-0.05, 0) is 19.8 Å². The van der Waals surface area contributed by atoms with Gasteiger partial charge >= 0.3 is 0 Å². The number of carbonyl (C=O) groups excluding carboxylic acids is 2. The van der Waals surface area contributed by atoms with Gasteiger partial charge in [-0.2, -0.15) is 0 Å². The van der Waals surface area contributed by atoms with Gasteiger partial charge in [0.2, 0.25) is 11.8 Å². The Morgan fingerprint density at radius 1 is 1.40 bits per heavy atom. The van der Waals surface area contributed by atoms with Crippen molar-refractivity contribution < 1.29 is 9.59 Å². The molecule has 0 fully saturated rings. The lowest BCUT2D eigenvalue weighted by molar-refractivity contribution is -0.136. The summed E-state index contributed by atoms with van der Waals surface area (Å²) in [7, 11) is 0. The topological polar surface area (TPSA) is 63.4 Å². The van der Waals surface area contributed by atoms with Crippen LogP contribution in [0.4, 0.5) is 0 Å². The van der Waals surface area contributed by atoms with E-state index in [9.17, 15) is 9.59 Å². The van der Waals surface area contributed by atoms with Crippen LogP contribution in [-0.2, 0) is 9.59 Å². The number of carbonyl (C=O) groups is 2. The van der Waals surface area contributed by atoms with Gasteiger partial charge < -0.3 is 10.6 Å². The lowest BCUT2D eigenvalue weighted by Gasteiger charge is -2.28. The maximum atomic E-state index is 11.9. The lowest BCUT2D eigenvalue weighted by Crippen LogP contribution is -2.47. The summed E-state index contributed by atoms with van der Waals surface area (Å²) in [6.45, 7) is 8.00. The normalized spacial score (nSPS) is 11.6. The van der Waals surface area contributed by atoms with Crippen LogP contribution < -0.4 is 5.73 Å². The van der Waals surface area contributed by atoms with Crippen molar-refractivity contribution in [3.8, 4) is 0 Å². The van der Waals surface area contributed by atoms with E-state index in [4.69, 9.17) is 5.73 Å². The molecule has 5 heteroatoms. The Morgan fingerprint density at radius 3 is 2.13 bits per heavy atom. The van der Waals surface area contributed by atoms with Crippen molar-refractivity contribution >= 4 is 27.7 Å².